The Balaban J connectivity index is 1.16. The molecule has 320 valence electrons. The third-order valence-corrected chi connectivity index (χ3v) is 13.1. The van der Waals surface area contributed by atoms with Crippen LogP contribution in [0.1, 0.15) is 58.3 Å². The molecule has 0 atom stereocenters. The summed E-state index contributed by atoms with van der Waals surface area (Å²) in [5.41, 5.74) is 5.28. The normalized spacial score (nSPS) is 13.1. The van der Waals surface area contributed by atoms with Gasteiger partial charge >= 0.3 is 5.97 Å². The molecular formula is C47H57N7O5SSi. The summed E-state index contributed by atoms with van der Waals surface area (Å²) < 4.78 is 21.1. The molecule has 0 spiro atoms. The Bertz CT molecular complexity index is 2450. The lowest BCUT2D eigenvalue weighted by Gasteiger charge is -2.32. The van der Waals surface area contributed by atoms with Gasteiger partial charge in [0.1, 0.15) is 30.5 Å². The van der Waals surface area contributed by atoms with Crippen LogP contribution in [0, 0.1) is 0 Å². The van der Waals surface area contributed by atoms with E-state index in [9.17, 15) is 9.59 Å². The number of ether oxygens (including phenoxy) is 3. The van der Waals surface area contributed by atoms with E-state index in [0.29, 0.717) is 61.3 Å². The average Bonchev–Trinajstić information content (AvgIpc) is 3.87. The highest BCUT2D eigenvalue weighted by Gasteiger charge is 2.30. The Kier molecular flexibility index (Phi) is 13.4. The minimum atomic E-state index is -1.35. The van der Waals surface area contributed by atoms with Gasteiger partial charge in [0.05, 0.1) is 23.0 Å². The quantitative estimate of drug-likeness (QED) is 0.0404. The van der Waals surface area contributed by atoms with Gasteiger partial charge in [0.15, 0.2) is 10.8 Å². The zero-order valence-electron chi connectivity index (χ0n) is 36.6. The number of nitrogens with zero attached hydrogens (tertiary/aromatic N) is 7. The van der Waals surface area contributed by atoms with E-state index in [1.807, 2.05) is 119 Å². The van der Waals surface area contributed by atoms with E-state index in [2.05, 4.69) is 40.6 Å². The smallest absolute Gasteiger partial charge is 0.358 e. The minimum Gasteiger partial charge on any atom is -0.492 e. The Morgan fingerprint density at radius 3 is 2.48 bits per heavy atom. The molecule has 1 aliphatic rings. The van der Waals surface area contributed by atoms with Crippen molar-refractivity contribution in [3.63, 3.8) is 0 Å². The van der Waals surface area contributed by atoms with E-state index >= 15 is 0 Å². The summed E-state index contributed by atoms with van der Waals surface area (Å²) in [4.78, 5) is 44.4. The summed E-state index contributed by atoms with van der Waals surface area (Å²) in [7, 11) is 2.69. The molecule has 12 nitrogen and oxygen atoms in total. The second-order valence-corrected chi connectivity index (χ2v) is 24.5. The molecule has 0 unspecified atom stereocenters. The molecule has 1 aliphatic heterocycles. The van der Waals surface area contributed by atoms with Gasteiger partial charge in [0, 0.05) is 62.8 Å². The Labute approximate surface area is 364 Å². The number of anilines is 2. The third kappa shape index (κ3) is 11.1. The zero-order valence-corrected chi connectivity index (χ0v) is 38.4. The maximum absolute atomic E-state index is 14.7. The molecular weight excluding hydrogens is 803 g/mol. The van der Waals surface area contributed by atoms with Gasteiger partial charge in [-0.2, -0.15) is 5.10 Å². The number of hydrogen-bond acceptors (Lipinski definition) is 11. The van der Waals surface area contributed by atoms with Crippen LogP contribution in [0.5, 0.6) is 5.75 Å². The number of carbonyl (C=O) groups excluding carboxylic acids is 2. The van der Waals surface area contributed by atoms with E-state index in [-0.39, 0.29) is 18.3 Å². The van der Waals surface area contributed by atoms with Gasteiger partial charge in [-0.05, 0) is 94.9 Å². The molecule has 0 saturated heterocycles. The fourth-order valence-electron chi connectivity index (χ4n) is 7.05. The second kappa shape index (κ2) is 18.7. The predicted octanol–water partition coefficient (Wildman–Crippen LogP) is 9.02. The van der Waals surface area contributed by atoms with Gasteiger partial charge in [-0.25, -0.2) is 14.8 Å². The van der Waals surface area contributed by atoms with Crippen LogP contribution in [0.25, 0.3) is 21.3 Å². The van der Waals surface area contributed by atoms with E-state index < -0.39 is 19.6 Å². The molecule has 7 rings (SSSR count). The van der Waals surface area contributed by atoms with Gasteiger partial charge in [-0.15, -0.1) is 0 Å². The maximum atomic E-state index is 14.7. The maximum Gasteiger partial charge on any atom is 0.358 e. The summed E-state index contributed by atoms with van der Waals surface area (Å²) in [6.45, 7) is 16.1. The number of benzene rings is 3. The van der Waals surface area contributed by atoms with Crippen LogP contribution in [0.3, 0.4) is 0 Å². The molecule has 0 fully saturated rings. The van der Waals surface area contributed by atoms with Crippen LogP contribution in [-0.4, -0.2) is 97.3 Å². The van der Waals surface area contributed by atoms with E-state index in [1.54, 1.807) is 11.1 Å². The largest absolute Gasteiger partial charge is 0.492 e. The number of carbonyl (C=O) groups is 2. The SMILES string of the molecule is CN(C)CCOc1ccccc1Cn1cc(-c2ccc(N3CCc4cccc(C(=O)N(COCC[Si](C)(C)C)c5nc6ccccc6s5)c4C3)nc2C(=O)OC(C)(C)C)cn1. The van der Waals surface area contributed by atoms with Crippen LogP contribution in [0.4, 0.5) is 10.9 Å². The molecule has 0 bridgehead atoms. The van der Waals surface area contributed by atoms with Crippen molar-refractivity contribution in [1.29, 1.82) is 0 Å². The summed E-state index contributed by atoms with van der Waals surface area (Å²) in [5.74, 6) is 0.741. The van der Waals surface area contributed by atoms with Crippen molar-refractivity contribution in [2.24, 2.45) is 0 Å². The number of esters is 1. The number of likely N-dealkylation sites (N-methyl/N-ethyl adjacent to an activating group) is 1. The van der Waals surface area contributed by atoms with Crippen molar-refractivity contribution >= 4 is 52.5 Å². The molecule has 3 aromatic heterocycles. The van der Waals surface area contributed by atoms with Crippen molar-refractivity contribution in [3.8, 4) is 16.9 Å². The first-order chi connectivity index (χ1) is 29.1. The number of hydrogen-bond donors (Lipinski definition) is 0. The summed E-state index contributed by atoms with van der Waals surface area (Å²) in [5, 5.41) is 5.28. The summed E-state index contributed by atoms with van der Waals surface area (Å²) in [6, 6.07) is 26.7. The Morgan fingerprint density at radius 2 is 1.70 bits per heavy atom. The van der Waals surface area contributed by atoms with Gasteiger partial charge < -0.3 is 24.0 Å². The minimum absolute atomic E-state index is 0.104. The Hall–Kier alpha value is -5.41. The lowest BCUT2D eigenvalue weighted by Crippen LogP contribution is -2.37. The molecule has 0 saturated carbocycles. The highest BCUT2D eigenvalue weighted by Crippen LogP contribution is 2.34. The number of pyridine rings is 1. The average molecular weight is 860 g/mol. The van der Waals surface area contributed by atoms with Crippen molar-refractivity contribution in [1.82, 2.24) is 24.6 Å². The van der Waals surface area contributed by atoms with E-state index in [0.717, 1.165) is 50.8 Å². The van der Waals surface area contributed by atoms with Crippen LogP contribution >= 0.6 is 11.3 Å². The first-order valence-corrected chi connectivity index (χ1v) is 25.4. The molecule has 0 N–H and O–H groups in total. The zero-order chi connectivity index (χ0) is 43.3. The summed E-state index contributed by atoms with van der Waals surface area (Å²) in [6.07, 6.45) is 4.37. The lowest BCUT2D eigenvalue weighted by molar-refractivity contribution is 0.00637. The van der Waals surface area contributed by atoms with Crippen LogP contribution in [0.2, 0.25) is 25.7 Å². The third-order valence-electron chi connectivity index (χ3n) is 10.3. The molecule has 0 radical (unpaired) electrons. The van der Waals surface area contributed by atoms with Crippen LogP contribution in [-0.2, 0) is 29.0 Å². The van der Waals surface area contributed by atoms with Gasteiger partial charge in [0.25, 0.3) is 5.91 Å². The van der Waals surface area contributed by atoms with Crippen LogP contribution < -0.4 is 14.5 Å². The first kappa shape index (κ1) is 43.7. The Morgan fingerprint density at radius 1 is 0.918 bits per heavy atom. The van der Waals surface area contributed by atoms with E-state index in [4.69, 9.17) is 24.2 Å². The van der Waals surface area contributed by atoms with Gasteiger partial charge in [-0.3, -0.25) is 14.4 Å². The fraction of sp³-hybridized carbons (Fsp3) is 0.383. The fourth-order valence-corrected chi connectivity index (χ4v) is 8.76. The topological polar surface area (TPSA) is 115 Å². The molecule has 14 heteroatoms. The van der Waals surface area contributed by atoms with Crippen molar-refractivity contribution < 1.29 is 23.8 Å². The second-order valence-electron chi connectivity index (χ2n) is 17.9. The van der Waals surface area contributed by atoms with Crippen LogP contribution in [0.15, 0.2) is 91.3 Å². The van der Waals surface area contributed by atoms with Crippen molar-refractivity contribution in [2.75, 3.05) is 56.9 Å². The molecule has 0 aliphatic carbocycles. The molecule has 4 heterocycles. The van der Waals surface area contributed by atoms with E-state index in [1.165, 1.54) is 11.3 Å². The number of rotatable bonds is 16. The van der Waals surface area contributed by atoms with Crippen molar-refractivity contribution in [2.45, 2.75) is 71.6 Å². The number of para-hydroxylation sites is 2. The molecule has 61 heavy (non-hydrogen) atoms. The molecule has 3 aromatic carbocycles. The highest BCUT2D eigenvalue weighted by molar-refractivity contribution is 7.22. The molecule has 1 amide bonds. The number of aromatic nitrogens is 4. The number of thiazole rings is 1. The molecule has 6 aromatic rings. The predicted molar refractivity (Wildman–Crippen MR) is 247 cm³/mol. The van der Waals surface area contributed by atoms with Gasteiger partial charge in [-0.1, -0.05) is 73.4 Å². The number of fused-ring (bicyclic) bond motifs is 2. The standard InChI is InChI=1S/C47H57N7O5SSi/c1-47(2,3)59-45(56)43-36(35-28-48-53(30-35)29-34-14-9-11-18-40(34)58-25-24-51(4)5)20-21-42(50-43)52-23-22-33-15-13-16-37(38(33)31-52)44(55)54(32-57-26-27-61(6,7)8)46-49-39-17-10-12-19-41(39)60-46/h9-21,28,30H,22-27,29,31-32H2,1-8H3. The lowest BCUT2D eigenvalue weighted by atomic mass is 9.94. The number of amides is 1. The first-order valence-electron chi connectivity index (χ1n) is 20.9. The highest BCUT2D eigenvalue weighted by atomic mass is 32.1. The monoisotopic (exact) mass is 859 g/mol. The van der Waals surface area contributed by atoms with Crippen molar-refractivity contribution in [3.05, 3.63) is 119 Å². The summed E-state index contributed by atoms with van der Waals surface area (Å²) >= 11 is 1.49. The van der Waals surface area contributed by atoms with Gasteiger partial charge in [0.2, 0.25) is 0 Å².